The van der Waals surface area contributed by atoms with Gasteiger partial charge in [0.25, 0.3) is 0 Å². The van der Waals surface area contributed by atoms with Gasteiger partial charge in [-0.2, -0.15) is 0 Å². The number of hydrogen-bond donors (Lipinski definition) is 0. The predicted octanol–water partition coefficient (Wildman–Crippen LogP) is 0.886. The molecule has 0 amide bonds. The van der Waals surface area contributed by atoms with Gasteiger partial charge in [0.1, 0.15) is 5.78 Å². The Morgan fingerprint density at radius 2 is 1.65 bits per heavy atom. The van der Waals surface area contributed by atoms with E-state index in [1.54, 1.807) is 4.90 Å². The molecule has 1 aliphatic carbocycles. The molecule has 8 nitrogen and oxygen atoms in total. The van der Waals surface area contributed by atoms with Crippen LogP contribution < -0.4 is 0 Å². The summed E-state index contributed by atoms with van der Waals surface area (Å²) < 4.78 is 0. The lowest BCUT2D eigenvalue weighted by Gasteiger charge is -2.45. The molecule has 2 aliphatic rings. The van der Waals surface area contributed by atoms with E-state index in [-0.39, 0.29) is 38.1 Å². The van der Waals surface area contributed by atoms with Crippen molar-refractivity contribution >= 4 is 5.78 Å². The van der Waals surface area contributed by atoms with Crippen LogP contribution in [-0.2, 0) is 4.79 Å². The Morgan fingerprint density at radius 3 is 2.05 bits per heavy atom. The minimum absolute atomic E-state index is 0.131. The van der Waals surface area contributed by atoms with E-state index in [0.717, 1.165) is 12.8 Å². The van der Waals surface area contributed by atoms with Crippen molar-refractivity contribution in [1.82, 2.24) is 4.90 Å². The largest absolute Gasteiger partial charge is 0.299 e. The quantitative estimate of drug-likeness (QED) is 0.548. The number of fused-ring (bicyclic) bond motifs is 2. The minimum atomic E-state index is -1.48. The Labute approximate surface area is 116 Å². The van der Waals surface area contributed by atoms with Gasteiger partial charge in [0, 0.05) is 9.85 Å². The maximum Gasteiger partial charge on any atom is 0.248 e. The molecule has 1 saturated heterocycles. The number of nitrogens with zero attached hydrogens (tertiary/aromatic N) is 3. The number of piperidine rings is 1. The highest BCUT2D eigenvalue weighted by molar-refractivity contribution is 5.82. The molecule has 0 spiro atoms. The summed E-state index contributed by atoms with van der Waals surface area (Å²) >= 11 is 0. The standard InChI is InChI=1S/C12H19N3O5/c1-2-3-4-13-8-11(14(17)18)5-10(16)6-12(7-11,9-13)15(19)20/h2-9H2,1H3/t11-,12+. The SMILES string of the molecule is CCCCN1C[C@@]2([N+](=O)[O-])CC(=O)C[C@@]([N+](=O)[O-])(C1)C2. The topological polar surface area (TPSA) is 107 Å². The molecule has 2 fully saturated rings. The Hall–Kier alpha value is -1.57. The Bertz CT molecular complexity index is 420. The first-order chi connectivity index (χ1) is 9.33. The van der Waals surface area contributed by atoms with E-state index in [1.165, 1.54) is 0 Å². The van der Waals surface area contributed by atoms with Crippen LogP contribution in [0.25, 0.3) is 0 Å². The Morgan fingerprint density at radius 1 is 1.15 bits per heavy atom. The first-order valence-electron chi connectivity index (χ1n) is 6.87. The molecular formula is C12H19N3O5. The number of carbonyl (C=O) groups is 1. The summed E-state index contributed by atoms with van der Waals surface area (Å²) in [6.45, 7) is 2.89. The fraction of sp³-hybridized carbons (Fsp3) is 0.917. The van der Waals surface area contributed by atoms with Gasteiger partial charge >= 0.3 is 0 Å². The molecule has 20 heavy (non-hydrogen) atoms. The molecule has 0 aromatic heterocycles. The Balaban J connectivity index is 2.34. The monoisotopic (exact) mass is 285 g/mol. The number of likely N-dealkylation sites (tertiary alicyclic amines) is 1. The van der Waals surface area contributed by atoms with Crippen molar-refractivity contribution in [2.24, 2.45) is 0 Å². The molecule has 1 heterocycles. The molecule has 112 valence electrons. The van der Waals surface area contributed by atoms with Gasteiger partial charge in [-0.25, -0.2) is 0 Å². The van der Waals surface area contributed by atoms with Gasteiger partial charge < -0.3 is 0 Å². The zero-order valence-electron chi connectivity index (χ0n) is 11.5. The van der Waals surface area contributed by atoms with Crippen LogP contribution >= 0.6 is 0 Å². The van der Waals surface area contributed by atoms with Gasteiger partial charge in [-0.1, -0.05) is 13.3 Å². The summed E-state index contributed by atoms with van der Waals surface area (Å²) in [6, 6.07) is 0. The van der Waals surface area contributed by atoms with Crippen LogP contribution in [-0.4, -0.2) is 51.2 Å². The molecule has 2 rings (SSSR count). The number of unbranched alkanes of at least 4 members (excludes halogenated alkanes) is 1. The summed E-state index contributed by atoms with van der Waals surface area (Å²) in [5, 5.41) is 22.8. The highest BCUT2D eigenvalue weighted by Crippen LogP contribution is 2.42. The third kappa shape index (κ3) is 2.39. The van der Waals surface area contributed by atoms with Crippen LogP contribution in [0.1, 0.15) is 39.0 Å². The van der Waals surface area contributed by atoms with Gasteiger partial charge in [0.15, 0.2) is 0 Å². The van der Waals surface area contributed by atoms with E-state index in [9.17, 15) is 25.0 Å². The van der Waals surface area contributed by atoms with Gasteiger partial charge in [-0.05, 0) is 13.0 Å². The van der Waals surface area contributed by atoms with Crippen LogP contribution in [0, 0.1) is 20.2 Å². The number of hydrogen-bond acceptors (Lipinski definition) is 6. The molecule has 1 aliphatic heterocycles. The molecular weight excluding hydrogens is 266 g/mol. The molecule has 0 aromatic rings. The molecule has 2 atom stereocenters. The number of Topliss-reactive ketones (excluding diaryl/α,β-unsaturated/α-hetero) is 1. The number of nitro groups is 2. The zero-order valence-corrected chi connectivity index (χ0v) is 11.5. The number of ketones is 1. The van der Waals surface area contributed by atoms with E-state index in [4.69, 9.17) is 0 Å². The van der Waals surface area contributed by atoms with Crippen molar-refractivity contribution in [1.29, 1.82) is 0 Å². The van der Waals surface area contributed by atoms with E-state index in [2.05, 4.69) is 0 Å². The lowest BCUT2D eigenvalue weighted by Crippen LogP contribution is -2.69. The minimum Gasteiger partial charge on any atom is -0.299 e. The fourth-order valence-corrected chi connectivity index (χ4v) is 3.56. The third-order valence-corrected chi connectivity index (χ3v) is 4.35. The molecule has 0 aromatic carbocycles. The van der Waals surface area contributed by atoms with Crippen LogP contribution in [0.15, 0.2) is 0 Å². The van der Waals surface area contributed by atoms with Crippen molar-refractivity contribution in [3.63, 3.8) is 0 Å². The highest BCUT2D eigenvalue weighted by atomic mass is 16.6. The van der Waals surface area contributed by atoms with Gasteiger partial charge in [-0.15, -0.1) is 0 Å². The summed E-state index contributed by atoms with van der Waals surface area (Å²) in [7, 11) is 0. The van der Waals surface area contributed by atoms with Crippen LogP contribution in [0.5, 0.6) is 0 Å². The summed E-state index contributed by atoms with van der Waals surface area (Å²) in [5.41, 5.74) is -2.96. The molecule has 0 radical (unpaired) electrons. The number of carbonyl (C=O) groups excluding carboxylic acids is 1. The first-order valence-corrected chi connectivity index (χ1v) is 6.87. The summed E-state index contributed by atoms with van der Waals surface area (Å²) in [4.78, 5) is 35.5. The molecule has 2 bridgehead atoms. The fourth-order valence-electron chi connectivity index (χ4n) is 3.56. The summed E-state index contributed by atoms with van der Waals surface area (Å²) in [5.74, 6) is -0.361. The van der Waals surface area contributed by atoms with Gasteiger partial charge in [0.2, 0.25) is 11.1 Å². The van der Waals surface area contributed by atoms with Crippen LogP contribution in [0.2, 0.25) is 0 Å². The lowest BCUT2D eigenvalue weighted by atomic mass is 9.67. The summed E-state index contributed by atoms with van der Waals surface area (Å²) in [6.07, 6.45) is 1.27. The van der Waals surface area contributed by atoms with Crippen LogP contribution in [0.3, 0.4) is 0 Å². The van der Waals surface area contributed by atoms with Crippen molar-refractivity contribution < 1.29 is 14.6 Å². The van der Waals surface area contributed by atoms with Gasteiger partial charge in [-0.3, -0.25) is 29.9 Å². The molecule has 0 N–H and O–H groups in total. The number of rotatable bonds is 5. The van der Waals surface area contributed by atoms with Crippen LogP contribution in [0.4, 0.5) is 0 Å². The van der Waals surface area contributed by atoms with Crippen molar-refractivity contribution in [2.75, 3.05) is 19.6 Å². The maximum atomic E-state index is 11.8. The molecule has 0 unspecified atom stereocenters. The average Bonchev–Trinajstić information content (AvgIpc) is 2.34. The second-order valence-corrected chi connectivity index (χ2v) is 6.10. The first kappa shape index (κ1) is 14.8. The van der Waals surface area contributed by atoms with E-state index in [1.807, 2.05) is 6.92 Å². The third-order valence-electron chi connectivity index (χ3n) is 4.35. The molecule has 8 heteroatoms. The van der Waals surface area contributed by atoms with E-state index >= 15 is 0 Å². The highest BCUT2D eigenvalue weighted by Gasteiger charge is 2.66. The Kier molecular flexibility index (Phi) is 3.77. The van der Waals surface area contributed by atoms with Crippen molar-refractivity contribution in [2.45, 2.75) is 50.1 Å². The van der Waals surface area contributed by atoms with Crippen molar-refractivity contribution in [3.8, 4) is 0 Å². The van der Waals surface area contributed by atoms with Gasteiger partial charge in [0.05, 0.1) is 32.4 Å². The second kappa shape index (κ2) is 5.08. The average molecular weight is 285 g/mol. The second-order valence-electron chi connectivity index (χ2n) is 6.10. The smallest absolute Gasteiger partial charge is 0.248 e. The van der Waals surface area contributed by atoms with E-state index < -0.39 is 20.9 Å². The predicted molar refractivity (Wildman–Crippen MR) is 69.7 cm³/mol. The maximum absolute atomic E-state index is 11.8. The lowest BCUT2D eigenvalue weighted by molar-refractivity contribution is -0.628. The zero-order chi connectivity index (χ0) is 15.0. The van der Waals surface area contributed by atoms with E-state index in [0.29, 0.717) is 6.54 Å². The van der Waals surface area contributed by atoms with Crippen molar-refractivity contribution in [3.05, 3.63) is 20.2 Å². The molecule has 1 saturated carbocycles. The normalized spacial score (nSPS) is 34.0.